The first-order chi connectivity index (χ1) is 8.52. The van der Waals surface area contributed by atoms with E-state index in [1.165, 1.54) is 12.1 Å². The molecule has 0 radical (unpaired) electrons. The average Bonchev–Trinajstić information content (AvgIpc) is 2.29. The summed E-state index contributed by atoms with van der Waals surface area (Å²) in [5, 5.41) is 3.34. The highest BCUT2D eigenvalue weighted by Crippen LogP contribution is 2.13. The molecule has 0 amide bonds. The molecule has 0 bridgehead atoms. The molecule has 0 fully saturated rings. The zero-order chi connectivity index (χ0) is 13.5. The van der Waals surface area contributed by atoms with Crippen molar-refractivity contribution >= 4 is 0 Å². The molecule has 0 aliphatic rings. The summed E-state index contributed by atoms with van der Waals surface area (Å²) in [5.41, 5.74) is 0.570. The Morgan fingerprint density at radius 1 is 1.28 bits per heavy atom. The van der Waals surface area contributed by atoms with E-state index in [1.54, 1.807) is 0 Å². The number of rotatable bonds is 7. The second-order valence-corrected chi connectivity index (χ2v) is 4.79. The van der Waals surface area contributed by atoms with E-state index in [0.717, 1.165) is 25.6 Å². The van der Waals surface area contributed by atoms with E-state index >= 15 is 0 Å². The molecule has 1 atom stereocenters. The van der Waals surface area contributed by atoms with E-state index < -0.39 is 11.6 Å². The SMILES string of the molecule is CCNC(CCN(C)C)Cc1ccc(F)cc1F. The second-order valence-electron chi connectivity index (χ2n) is 4.79. The summed E-state index contributed by atoms with van der Waals surface area (Å²) in [4.78, 5) is 2.10. The van der Waals surface area contributed by atoms with E-state index in [-0.39, 0.29) is 6.04 Å². The normalized spacial score (nSPS) is 13.0. The van der Waals surface area contributed by atoms with Crippen LogP contribution in [0, 0.1) is 11.6 Å². The van der Waals surface area contributed by atoms with Crippen molar-refractivity contribution in [2.75, 3.05) is 27.2 Å². The minimum absolute atomic E-state index is 0.220. The van der Waals surface area contributed by atoms with Gasteiger partial charge in [-0.25, -0.2) is 8.78 Å². The van der Waals surface area contributed by atoms with Crippen LogP contribution in [0.25, 0.3) is 0 Å². The highest BCUT2D eigenvalue weighted by molar-refractivity contribution is 5.19. The first-order valence-electron chi connectivity index (χ1n) is 6.35. The molecule has 0 saturated heterocycles. The summed E-state index contributed by atoms with van der Waals surface area (Å²) in [6, 6.07) is 4.01. The number of hydrogen-bond donors (Lipinski definition) is 1. The van der Waals surface area contributed by atoms with E-state index in [9.17, 15) is 8.78 Å². The van der Waals surface area contributed by atoms with Crippen LogP contribution in [-0.2, 0) is 6.42 Å². The van der Waals surface area contributed by atoms with Crippen LogP contribution in [0.3, 0.4) is 0 Å². The molecular weight excluding hydrogens is 234 g/mol. The molecule has 18 heavy (non-hydrogen) atoms. The lowest BCUT2D eigenvalue weighted by Gasteiger charge is -2.20. The minimum atomic E-state index is -0.524. The van der Waals surface area contributed by atoms with Crippen LogP contribution in [0.15, 0.2) is 18.2 Å². The van der Waals surface area contributed by atoms with Crippen molar-refractivity contribution in [1.29, 1.82) is 0 Å². The molecule has 1 aromatic rings. The Kier molecular flexibility index (Phi) is 6.22. The van der Waals surface area contributed by atoms with E-state index in [2.05, 4.69) is 10.2 Å². The van der Waals surface area contributed by atoms with Crippen LogP contribution in [0.1, 0.15) is 18.9 Å². The van der Waals surface area contributed by atoms with Gasteiger partial charge in [0.2, 0.25) is 0 Å². The predicted molar refractivity (Wildman–Crippen MR) is 70.7 cm³/mol. The van der Waals surface area contributed by atoms with Crippen molar-refractivity contribution in [3.8, 4) is 0 Å². The van der Waals surface area contributed by atoms with Gasteiger partial charge < -0.3 is 10.2 Å². The number of nitrogens with zero attached hydrogens (tertiary/aromatic N) is 1. The van der Waals surface area contributed by atoms with Crippen LogP contribution in [0.4, 0.5) is 8.78 Å². The Hall–Kier alpha value is -1.00. The fourth-order valence-electron chi connectivity index (χ4n) is 1.93. The highest BCUT2D eigenvalue weighted by atomic mass is 19.1. The van der Waals surface area contributed by atoms with Gasteiger partial charge in [-0.2, -0.15) is 0 Å². The first kappa shape index (κ1) is 15.1. The molecule has 2 nitrogen and oxygen atoms in total. The van der Waals surface area contributed by atoms with E-state index in [0.29, 0.717) is 12.0 Å². The van der Waals surface area contributed by atoms with Crippen molar-refractivity contribution in [2.24, 2.45) is 0 Å². The topological polar surface area (TPSA) is 15.3 Å². The standard InChI is InChI=1S/C14H22F2N2/c1-4-17-13(7-8-18(2)3)9-11-5-6-12(15)10-14(11)16/h5-6,10,13,17H,4,7-9H2,1-3H3. The largest absolute Gasteiger partial charge is 0.314 e. The molecule has 0 aliphatic carbocycles. The van der Waals surface area contributed by atoms with E-state index in [4.69, 9.17) is 0 Å². The van der Waals surface area contributed by atoms with Crippen LogP contribution in [0.2, 0.25) is 0 Å². The Morgan fingerprint density at radius 3 is 2.56 bits per heavy atom. The molecule has 0 aromatic heterocycles. The molecule has 1 rings (SSSR count). The molecule has 0 spiro atoms. The highest BCUT2D eigenvalue weighted by Gasteiger charge is 2.12. The lowest BCUT2D eigenvalue weighted by atomic mass is 10.0. The molecule has 0 saturated carbocycles. The molecule has 4 heteroatoms. The molecule has 1 aromatic carbocycles. The van der Waals surface area contributed by atoms with Gasteiger partial charge >= 0.3 is 0 Å². The number of nitrogens with one attached hydrogen (secondary N) is 1. The summed E-state index contributed by atoms with van der Waals surface area (Å²) < 4.78 is 26.4. The van der Waals surface area contributed by atoms with Gasteiger partial charge in [-0.1, -0.05) is 13.0 Å². The van der Waals surface area contributed by atoms with Crippen LogP contribution in [0.5, 0.6) is 0 Å². The summed E-state index contributed by atoms with van der Waals surface area (Å²) in [7, 11) is 4.03. The van der Waals surface area contributed by atoms with E-state index in [1.807, 2.05) is 21.0 Å². The minimum Gasteiger partial charge on any atom is -0.314 e. The van der Waals surface area contributed by atoms with Crippen LogP contribution >= 0.6 is 0 Å². The maximum absolute atomic E-state index is 13.6. The monoisotopic (exact) mass is 256 g/mol. The number of hydrogen-bond acceptors (Lipinski definition) is 2. The number of benzene rings is 1. The number of likely N-dealkylation sites (N-methyl/N-ethyl adjacent to an activating group) is 1. The fraction of sp³-hybridized carbons (Fsp3) is 0.571. The van der Waals surface area contributed by atoms with Gasteiger partial charge in [0.15, 0.2) is 0 Å². The quantitative estimate of drug-likeness (QED) is 0.806. The Bertz CT molecular complexity index is 367. The molecule has 1 N–H and O–H groups in total. The van der Waals surface area contributed by atoms with Crippen molar-refractivity contribution in [2.45, 2.75) is 25.8 Å². The third-order valence-corrected chi connectivity index (χ3v) is 2.90. The van der Waals surface area contributed by atoms with Crippen molar-refractivity contribution in [3.63, 3.8) is 0 Å². The zero-order valence-corrected chi connectivity index (χ0v) is 11.3. The maximum Gasteiger partial charge on any atom is 0.129 e. The third kappa shape index (κ3) is 5.10. The Balaban J connectivity index is 2.64. The molecular formula is C14H22F2N2. The summed E-state index contributed by atoms with van der Waals surface area (Å²) >= 11 is 0. The smallest absolute Gasteiger partial charge is 0.129 e. The molecule has 102 valence electrons. The Labute approximate surface area is 108 Å². The van der Waals surface area contributed by atoms with Gasteiger partial charge in [0, 0.05) is 12.1 Å². The van der Waals surface area contributed by atoms with Gasteiger partial charge in [0.25, 0.3) is 0 Å². The third-order valence-electron chi connectivity index (χ3n) is 2.90. The van der Waals surface area contributed by atoms with Crippen molar-refractivity contribution in [3.05, 3.63) is 35.4 Å². The average molecular weight is 256 g/mol. The lowest BCUT2D eigenvalue weighted by Crippen LogP contribution is -2.34. The molecule has 1 unspecified atom stereocenters. The second kappa shape index (κ2) is 7.44. The molecule has 0 heterocycles. The fourth-order valence-corrected chi connectivity index (χ4v) is 1.93. The predicted octanol–water partition coefficient (Wildman–Crippen LogP) is 2.44. The Morgan fingerprint density at radius 2 is 2.00 bits per heavy atom. The van der Waals surface area contributed by atoms with Gasteiger partial charge in [0.05, 0.1) is 0 Å². The van der Waals surface area contributed by atoms with Crippen LogP contribution in [-0.4, -0.2) is 38.1 Å². The maximum atomic E-state index is 13.6. The zero-order valence-electron chi connectivity index (χ0n) is 11.3. The molecule has 0 aliphatic heterocycles. The van der Waals surface area contributed by atoms with Crippen molar-refractivity contribution in [1.82, 2.24) is 10.2 Å². The summed E-state index contributed by atoms with van der Waals surface area (Å²) in [6.07, 6.45) is 1.53. The summed E-state index contributed by atoms with van der Waals surface area (Å²) in [6.45, 7) is 3.82. The summed E-state index contributed by atoms with van der Waals surface area (Å²) in [5.74, 6) is -0.979. The van der Waals surface area contributed by atoms with Gasteiger partial charge in [-0.05, 0) is 51.7 Å². The lowest BCUT2D eigenvalue weighted by molar-refractivity contribution is 0.357. The first-order valence-corrected chi connectivity index (χ1v) is 6.35. The van der Waals surface area contributed by atoms with Gasteiger partial charge in [-0.15, -0.1) is 0 Å². The van der Waals surface area contributed by atoms with Crippen LogP contribution < -0.4 is 5.32 Å². The van der Waals surface area contributed by atoms with Gasteiger partial charge in [-0.3, -0.25) is 0 Å². The number of halogens is 2. The van der Waals surface area contributed by atoms with Gasteiger partial charge in [0.1, 0.15) is 11.6 Å². The van der Waals surface area contributed by atoms with Crippen molar-refractivity contribution < 1.29 is 8.78 Å².